The summed E-state index contributed by atoms with van der Waals surface area (Å²) >= 11 is 0. The van der Waals surface area contributed by atoms with Crippen LogP contribution in [0.15, 0.2) is 47.6 Å². The molecule has 2 aromatic carbocycles. The van der Waals surface area contributed by atoms with Crippen molar-refractivity contribution in [3.8, 4) is 17.2 Å². The number of hydrazone groups is 1. The number of fused-ring (bicyclic) bond motifs is 3. The van der Waals surface area contributed by atoms with E-state index in [1.54, 1.807) is 13.2 Å². The van der Waals surface area contributed by atoms with Crippen LogP contribution in [-0.2, 0) is 0 Å². The van der Waals surface area contributed by atoms with E-state index in [9.17, 15) is 5.11 Å². The van der Waals surface area contributed by atoms with E-state index in [0.29, 0.717) is 6.42 Å². The zero-order chi connectivity index (χ0) is 16.9. The van der Waals surface area contributed by atoms with E-state index >= 15 is 0 Å². The minimum atomic E-state index is -0.599. The van der Waals surface area contributed by atoms with Gasteiger partial charge in [0.15, 0.2) is 17.2 Å². The molecule has 5 nitrogen and oxygen atoms in total. The molecular formula is C19H20N2O3. The number of hydrogen-bond donors (Lipinski definition) is 1. The highest BCUT2D eigenvalue weighted by molar-refractivity contribution is 6.04. The van der Waals surface area contributed by atoms with Crippen molar-refractivity contribution in [1.29, 1.82) is 0 Å². The summed E-state index contributed by atoms with van der Waals surface area (Å²) in [4.78, 5) is 0. The molecule has 0 aliphatic carbocycles. The Kier molecular flexibility index (Phi) is 3.20. The van der Waals surface area contributed by atoms with E-state index in [0.717, 1.165) is 28.3 Å². The van der Waals surface area contributed by atoms with Crippen LogP contribution in [0.2, 0.25) is 0 Å². The predicted octanol–water partition coefficient (Wildman–Crippen LogP) is 3.68. The lowest BCUT2D eigenvalue weighted by Crippen LogP contribution is -2.48. The molecule has 0 radical (unpaired) electrons. The highest BCUT2D eigenvalue weighted by Gasteiger charge is 2.46. The van der Waals surface area contributed by atoms with Crippen molar-refractivity contribution >= 4 is 5.71 Å². The van der Waals surface area contributed by atoms with Crippen LogP contribution in [0.25, 0.3) is 0 Å². The van der Waals surface area contributed by atoms with E-state index in [-0.39, 0.29) is 11.8 Å². The molecule has 0 fully saturated rings. The third-order valence-corrected chi connectivity index (χ3v) is 4.62. The summed E-state index contributed by atoms with van der Waals surface area (Å²) < 4.78 is 11.7. The number of phenolic OH excluding ortho intramolecular Hbond substituents is 1. The van der Waals surface area contributed by atoms with Crippen molar-refractivity contribution in [3.05, 3.63) is 53.6 Å². The molecule has 2 aromatic rings. The lowest BCUT2D eigenvalue weighted by molar-refractivity contribution is -0.0924. The van der Waals surface area contributed by atoms with E-state index in [4.69, 9.17) is 14.6 Å². The van der Waals surface area contributed by atoms with E-state index in [2.05, 4.69) is 0 Å². The molecule has 2 aliphatic heterocycles. The SMILES string of the molecule is COc1cccc2c1OC(C)(C)N1N=C(c3ccccc3O)C[C@@H]21. The summed E-state index contributed by atoms with van der Waals surface area (Å²) in [6.07, 6.45) is 0.713. The van der Waals surface area contributed by atoms with Gasteiger partial charge in [0.25, 0.3) is 0 Å². The maximum Gasteiger partial charge on any atom is 0.192 e. The first kappa shape index (κ1) is 14.9. The van der Waals surface area contributed by atoms with Gasteiger partial charge in [0.2, 0.25) is 0 Å². The van der Waals surface area contributed by atoms with Gasteiger partial charge in [0, 0.05) is 17.5 Å². The van der Waals surface area contributed by atoms with Crippen LogP contribution < -0.4 is 9.47 Å². The smallest absolute Gasteiger partial charge is 0.192 e. The first-order chi connectivity index (χ1) is 11.5. The molecule has 0 unspecified atom stereocenters. The third kappa shape index (κ3) is 2.12. The summed E-state index contributed by atoms with van der Waals surface area (Å²) in [6.45, 7) is 3.99. The molecule has 124 valence electrons. The number of rotatable bonds is 2. The first-order valence-electron chi connectivity index (χ1n) is 8.02. The summed E-state index contributed by atoms with van der Waals surface area (Å²) in [5.74, 6) is 1.76. The second-order valence-corrected chi connectivity index (χ2v) is 6.56. The molecule has 0 bridgehead atoms. The number of benzene rings is 2. The molecule has 0 aromatic heterocycles. The number of hydrogen-bond acceptors (Lipinski definition) is 5. The maximum atomic E-state index is 10.2. The minimum Gasteiger partial charge on any atom is -0.507 e. The average molecular weight is 324 g/mol. The summed E-state index contributed by atoms with van der Waals surface area (Å²) in [7, 11) is 1.65. The molecule has 5 heteroatoms. The molecule has 4 rings (SSSR count). The zero-order valence-corrected chi connectivity index (χ0v) is 14.0. The number of methoxy groups -OCH3 is 1. The van der Waals surface area contributed by atoms with Gasteiger partial charge >= 0.3 is 0 Å². The van der Waals surface area contributed by atoms with Crippen LogP contribution in [0.5, 0.6) is 17.2 Å². The molecule has 2 aliphatic rings. The Balaban J connectivity index is 1.81. The second-order valence-electron chi connectivity index (χ2n) is 6.56. The fourth-order valence-electron chi connectivity index (χ4n) is 3.49. The molecule has 0 spiro atoms. The Hall–Kier alpha value is -2.69. The van der Waals surface area contributed by atoms with Gasteiger partial charge in [0.1, 0.15) is 5.75 Å². The van der Waals surface area contributed by atoms with Crippen molar-refractivity contribution in [2.45, 2.75) is 32.0 Å². The van der Waals surface area contributed by atoms with Gasteiger partial charge in [-0.3, -0.25) is 0 Å². The van der Waals surface area contributed by atoms with Crippen LogP contribution >= 0.6 is 0 Å². The van der Waals surface area contributed by atoms with Crippen molar-refractivity contribution in [3.63, 3.8) is 0 Å². The van der Waals surface area contributed by atoms with Crippen molar-refractivity contribution in [2.24, 2.45) is 5.10 Å². The topological polar surface area (TPSA) is 54.3 Å². The number of phenols is 1. The Morgan fingerprint density at radius 1 is 1.21 bits per heavy atom. The molecule has 0 saturated carbocycles. The van der Waals surface area contributed by atoms with Gasteiger partial charge in [0.05, 0.1) is 18.9 Å². The summed E-state index contributed by atoms with van der Waals surface area (Å²) in [5.41, 5.74) is 2.10. The van der Waals surface area contributed by atoms with Crippen molar-refractivity contribution < 1.29 is 14.6 Å². The van der Waals surface area contributed by atoms with E-state index in [1.165, 1.54) is 0 Å². The molecule has 2 heterocycles. The number of para-hydroxylation sites is 2. The molecule has 1 N–H and O–H groups in total. The van der Waals surface area contributed by atoms with Crippen LogP contribution in [0, 0.1) is 0 Å². The number of ether oxygens (including phenoxy) is 2. The average Bonchev–Trinajstić information content (AvgIpc) is 3.01. The van der Waals surface area contributed by atoms with Crippen LogP contribution in [0.3, 0.4) is 0 Å². The molecule has 0 amide bonds. The highest BCUT2D eigenvalue weighted by Crippen LogP contribution is 2.50. The zero-order valence-electron chi connectivity index (χ0n) is 14.0. The maximum absolute atomic E-state index is 10.2. The van der Waals surface area contributed by atoms with Gasteiger partial charge in [-0.15, -0.1) is 0 Å². The fourth-order valence-corrected chi connectivity index (χ4v) is 3.49. The first-order valence-corrected chi connectivity index (χ1v) is 8.02. The van der Waals surface area contributed by atoms with Gasteiger partial charge in [-0.2, -0.15) is 5.10 Å². The summed E-state index contributed by atoms with van der Waals surface area (Å²) in [5, 5.41) is 16.9. The quantitative estimate of drug-likeness (QED) is 0.915. The fraction of sp³-hybridized carbons (Fsp3) is 0.316. The lowest BCUT2D eigenvalue weighted by Gasteiger charge is -2.43. The monoisotopic (exact) mass is 324 g/mol. The highest BCUT2D eigenvalue weighted by atomic mass is 16.5. The van der Waals surface area contributed by atoms with Crippen molar-refractivity contribution in [1.82, 2.24) is 5.01 Å². The van der Waals surface area contributed by atoms with E-state index in [1.807, 2.05) is 55.3 Å². The van der Waals surface area contributed by atoms with Crippen LogP contribution in [0.1, 0.15) is 37.4 Å². The minimum absolute atomic E-state index is 0.0634. The van der Waals surface area contributed by atoms with Gasteiger partial charge in [-0.05, 0) is 32.0 Å². The van der Waals surface area contributed by atoms with Crippen LogP contribution in [0.4, 0.5) is 0 Å². The normalized spacial score (nSPS) is 20.7. The lowest BCUT2D eigenvalue weighted by atomic mass is 9.94. The van der Waals surface area contributed by atoms with E-state index < -0.39 is 5.72 Å². The molecule has 24 heavy (non-hydrogen) atoms. The number of nitrogens with zero attached hydrogens (tertiary/aromatic N) is 2. The van der Waals surface area contributed by atoms with Gasteiger partial charge in [-0.25, -0.2) is 5.01 Å². The molecular weight excluding hydrogens is 304 g/mol. The second kappa shape index (κ2) is 5.16. The van der Waals surface area contributed by atoms with Gasteiger partial charge in [-0.1, -0.05) is 24.3 Å². The largest absolute Gasteiger partial charge is 0.507 e. The number of aromatic hydroxyl groups is 1. The summed E-state index contributed by atoms with van der Waals surface area (Å²) in [6, 6.07) is 13.3. The van der Waals surface area contributed by atoms with Gasteiger partial charge < -0.3 is 14.6 Å². The van der Waals surface area contributed by atoms with Crippen molar-refractivity contribution in [2.75, 3.05) is 7.11 Å². The predicted molar refractivity (Wildman–Crippen MR) is 91.5 cm³/mol. The Labute approximate surface area is 141 Å². The Bertz CT molecular complexity index is 829. The Morgan fingerprint density at radius 3 is 2.75 bits per heavy atom. The van der Waals surface area contributed by atoms with Crippen LogP contribution in [-0.4, -0.2) is 28.7 Å². The molecule has 1 atom stereocenters. The standard InChI is InChI=1S/C19H20N2O3/c1-19(2)21-15(13-8-6-10-17(23-3)18(13)24-19)11-14(20-21)12-7-4-5-9-16(12)22/h4-10,15,22H,11H2,1-3H3/t15-/m0/s1. The Morgan fingerprint density at radius 2 is 2.00 bits per heavy atom. The third-order valence-electron chi connectivity index (χ3n) is 4.62. The molecule has 0 saturated heterocycles.